The number of aromatic nitrogens is 1. The number of carbonyl (C=O) groups is 1. The van der Waals surface area contributed by atoms with E-state index in [-0.39, 0.29) is 5.91 Å². The Kier molecular flexibility index (Phi) is 5.96. The lowest BCUT2D eigenvalue weighted by atomic mass is 10.2. The number of hydrogen-bond donors (Lipinski definition) is 2. The van der Waals surface area contributed by atoms with Crippen molar-refractivity contribution in [1.29, 1.82) is 0 Å². The molecule has 0 aliphatic rings. The van der Waals surface area contributed by atoms with E-state index in [2.05, 4.69) is 15.6 Å². The number of nitrogens with zero attached hydrogens (tertiary/aromatic N) is 1. The maximum absolute atomic E-state index is 12.2. The van der Waals surface area contributed by atoms with Gasteiger partial charge in [-0.2, -0.15) is 0 Å². The molecule has 28 heavy (non-hydrogen) atoms. The van der Waals surface area contributed by atoms with Crippen LogP contribution in [-0.2, 0) is 0 Å². The van der Waals surface area contributed by atoms with E-state index in [1.807, 2.05) is 36.4 Å². The van der Waals surface area contributed by atoms with Crippen molar-refractivity contribution in [3.63, 3.8) is 0 Å². The molecule has 2 N–H and O–H groups in total. The number of carbonyl (C=O) groups excluding carboxylic acids is 1. The number of amides is 1. The van der Waals surface area contributed by atoms with Crippen molar-refractivity contribution in [2.45, 2.75) is 0 Å². The second-order valence-corrected chi connectivity index (χ2v) is 5.81. The Bertz CT molecular complexity index is 919. The summed E-state index contributed by atoms with van der Waals surface area (Å²) in [7, 11) is 4.70. The number of rotatable bonds is 7. The summed E-state index contributed by atoms with van der Waals surface area (Å²) in [6, 6.07) is 14.4. The van der Waals surface area contributed by atoms with Gasteiger partial charge in [-0.05, 0) is 36.4 Å². The second kappa shape index (κ2) is 8.77. The van der Waals surface area contributed by atoms with Gasteiger partial charge in [-0.1, -0.05) is 0 Å². The summed E-state index contributed by atoms with van der Waals surface area (Å²) >= 11 is 0. The predicted molar refractivity (Wildman–Crippen MR) is 108 cm³/mol. The summed E-state index contributed by atoms with van der Waals surface area (Å²) < 4.78 is 16.1. The van der Waals surface area contributed by atoms with Crippen LogP contribution in [0.3, 0.4) is 0 Å². The topological polar surface area (TPSA) is 81.7 Å². The monoisotopic (exact) mass is 379 g/mol. The number of ether oxygens (including phenoxy) is 3. The number of benzene rings is 2. The molecule has 0 aliphatic carbocycles. The smallest absolute Gasteiger partial charge is 0.257 e. The molecular formula is C21H21N3O4. The molecule has 0 aliphatic heterocycles. The van der Waals surface area contributed by atoms with Crippen molar-refractivity contribution in [2.75, 3.05) is 32.0 Å². The van der Waals surface area contributed by atoms with Gasteiger partial charge in [-0.25, -0.2) is 0 Å². The van der Waals surface area contributed by atoms with E-state index in [0.29, 0.717) is 28.5 Å². The first-order valence-electron chi connectivity index (χ1n) is 8.53. The van der Waals surface area contributed by atoms with Crippen LogP contribution in [0.2, 0.25) is 0 Å². The van der Waals surface area contributed by atoms with Crippen molar-refractivity contribution in [1.82, 2.24) is 4.98 Å². The van der Waals surface area contributed by atoms with Crippen LogP contribution in [0.4, 0.5) is 17.1 Å². The Labute approximate surface area is 163 Å². The van der Waals surface area contributed by atoms with Gasteiger partial charge in [-0.15, -0.1) is 0 Å². The van der Waals surface area contributed by atoms with Crippen LogP contribution in [0.15, 0.2) is 60.9 Å². The number of pyridine rings is 1. The molecule has 1 amide bonds. The van der Waals surface area contributed by atoms with E-state index < -0.39 is 0 Å². The lowest BCUT2D eigenvalue weighted by Gasteiger charge is -2.15. The highest BCUT2D eigenvalue weighted by molar-refractivity contribution is 6.04. The van der Waals surface area contributed by atoms with Crippen molar-refractivity contribution >= 4 is 23.0 Å². The molecule has 1 heterocycles. The highest BCUT2D eigenvalue weighted by Crippen LogP contribution is 2.40. The van der Waals surface area contributed by atoms with Crippen LogP contribution in [0.5, 0.6) is 17.2 Å². The van der Waals surface area contributed by atoms with E-state index in [9.17, 15) is 4.79 Å². The molecule has 0 spiro atoms. The fourth-order valence-corrected chi connectivity index (χ4v) is 2.66. The molecule has 144 valence electrons. The quantitative estimate of drug-likeness (QED) is 0.643. The van der Waals surface area contributed by atoms with Gasteiger partial charge in [0.2, 0.25) is 5.75 Å². The van der Waals surface area contributed by atoms with Crippen LogP contribution in [0, 0.1) is 0 Å². The standard InChI is InChI=1S/C21H21N3O4/c1-26-18-11-17(12-19(27-2)20(18)28-3)23-15-6-8-16(9-7-15)24-21(25)14-5-4-10-22-13-14/h4-13,23H,1-3H3,(H,24,25). The van der Waals surface area contributed by atoms with Gasteiger partial charge < -0.3 is 24.8 Å². The molecule has 2 aromatic carbocycles. The summed E-state index contributed by atoms with van der Waals surface area (Å²) in [6.07, 6.45) is 3.15. The molecule has 3 rings (SSSR count). The maximum Gasteiger partial charge on any atom is 0.257 e. The average molecular weight is 379 g/mol. The minimum absolute atomic E-state index is 0.210. The zero-order valence-corrected chi connectivity index (χ0v) is 15.9. The second-order valence-electron chi connectivity index (χ2n) is 5.81. The third-order valence-corrected chi connectivity index (χ3v) is 4.02. The molecule has 0 fully saturated rings. The Balaban J connectivity index is 1.73. The van der Waals surface area contributed by atoms with Gasteiger partial charge in [0.15, 0.2) is 11.5 Å². The van der Waals surface area contributed by atoms with Crippen LogP contribution >= 0.6 is 0 Å². The van der Waals surface area contributed by atoms with Crippen LogP contribution in [0.1, 0.15) is 10.4 Å². The van der Waals surface area contributed by atoms with E-state index >= 15 is 0 Å². The van der Waals surface area contributed by atoms with E-state index in [1.54, 1.807) is 39.7 Å². The molecule has 0 saturated carbocycles. The molecule has 0 unspecified atom stereocenters. The van der Waals surface area contributed by atoms with Crippen LogP contribution in [-0.4, -0.2) is 32.2 Å². The molecule has 0 atom stereocenters. The number of methoxy groups -OCH3 is 3. The van der Waals surface area contributed by atoms with E-state index in [0.717, 1.165) is 11.4 Å². The average Bonchev–Trinajstić information content (AvgIpc) is 2.75. The summed E-state index contributed by atoms with van der Waals surface area (Å²) in [4.78, 5) is 16.1. The van der Waals surface area contributed by atoms with Crippen molar-refractivity contribution in [3.05, 3.63) is 66.5 Å². The van der Waals surface area contributed by atoms with E-state index in [1.165, 1.54) is 6.20 Å². The third-order valence-electron chi connectivity index (χ3n) is 4.02. The Hall–Kier alpha value is -3.74. The zero-order chi connectivity index (χ0) is 19.9. The first-order valence-corrected chi connectivity index (χ1v) is 8.53. The largest absolute Gasteiger partial charge is 0.493 e. The van der Waals surface area contributed by atoms with Crippen molar-refractivity contribution in [2.24, 2.45) is 0 Å². The lowest BCUT2D eigenvalue weighted by molar-refractivity contribution is 0.102. The van der Waals surface area contributed by atoms with Gasteiger partial charge in [0.25, 0.3) is 5.91 Å². The van der Waals surface area contributed by atoms with Crippen molar-refractivity contribution < 1.29 is 19.0 Å². The van der Waals surface area contributed by atoms with Gasteiger partial charge in [0.05, 0.1) is 26.9 Å². The molecule has 1 aromatic heterocycles. The summed E-state index contributed by atoms with van der Waals surface area (Å²) in [6.45, 7) is 0. The van der Waals surface area contributed by atoms with Crippen molar-refractivity contribution in [3.8, 4) is 17.2 Å². The molecule has 0 bridgehead atoms. The summed E-state index contributed by atoms with van der Waals surface area (Å²) in [5.74, 6) is 1.44. The normalized spacial score (nSPS) is 10.1. The molecule has 0 radical (unpaired) electrons. The van der Waals surface area contributed by atoms with E-state index in [4.69, 9.17) is 14.2 Å². The van der Waals surface area contributed by atoms with Crippen LogP contribution < -0.4 is 24.8 Å². The molecular weight excluding hydrogens is 358 g/mol. The Morgan fingerprint density at radius 1 is 0.857 bits per heavy atom. The SMILES string of the molecule is COc1cc(Nc2ccc(NC(=O)c3cccnc3)cc2)cc(OC)c1OC. The highest BCUT2D eigenvalue weighted by Gasteiger charge is 2.13. The minimum atomic E-state index is -0.210. The first-order chi connectivity index (χ1) is 13.6. The first kappa shape index (κ1) is 19.0. The molecule has 0 saturated heterocycles. The Morgan fingerprint density at radius 3 is 2.04 bits per heavy atom. The number of anilines is 3. The number of nitrogens with one attached hydrogen (secondary N) is 2. The lowest BCUT2D eigenvalue weighted by Crippen LogP contribution is -2.11. The number of hydrogen-bond acceptors (Lipinski definition) is 6. The van der Waals surface area contributed by atoms with Gasteiger partial charge in [0, 0.05) is 41.6 Å². The predicted octanol–water partition coefficient (Wildman–Crippen LogP) is 4.10. The van der Waals surface area contributed by atoms with Gasteiger partial charge >= 0.3 is 0 Å². The molecule has 3 aromatic rings. The fraction of sp³-hybridized carbons (Fsp3) is 0.143. The molecule has 7 heteroatoms. The highest BCUT2D eigenvalue weighted by atomic mass is 16.5. The fourth-order valence-electron chi connectivity index (χ4n) is 2.66. The summed E-state index contributed by atoms with van der Waals surface area (Å²) in [5, 5.41) is 6.12. The minimum Gasteiger partial charge on any atom is -0.493 e. The maximum atomic E-state index is 12.2. The summed E-state index contributed by atoms with van der Waals surface area (Å²) in [5.41, 5.74) is 2.81. The van der Waals surface area contributed by atoms with Crippen LogP contribution in [0.25, 0.3) is 0 Å². The third kappa shape index (κ3) is 4.32. The zero-order valence-electron chi connectivity index (χ0n) is 15.9. The molecule has 7 nitrogen and oxygen atoms in total. The van der Waals surface area contributed by atoms with Gasteiger partial charge in [0.1, 0.15) is 0 Å². The Morgan fingerprint density at radius 2 is 1.50 bits per heavy atom. The van der Waals surface area contributed by atoms with Gasteiger partial charge in [-0.3, -0.25) is 9.78 Å².